The zero-order valence-corrected chi connectivity index (χ0v) is 40.2. The van der Waals surface area contributed by atoms with Crippen molar-refractivity contribution < 1.29 is 43.4 Å². The third-order valence-corrected chi connectivity index (χ3v) is 16.7. The van der Waals surface area contributed by atoms with Crippen LogP contribution in [-0.4, -0.2) is 127 Å². The highest BCUT2D eigenvalue weighted by molar-refractivity contribution is 5.94. The first-order chi connectivity index (χ1) is 33.2. The van der Waals surface area contributed by atoms with E-state index in [1.54, 1.807) is 13.2 Å². The normalized spacial score (nSPS) is 30.9. The lowest BCUT2D eigenvalue weighted by Crippen LogP contribution is -2.81. The van der Waals surface area contributed by atoms with Crippen molar-refractivity contribution >= 4 is 40.3 Å². The van der Waals surface area contributed by atoms with Gasteiger partial charge in [0, 0.05) is 97.0 Å². The minimum absolute atomic E-state index is 0.0157. The maximum atomic E-state index is 15.5. The van der Waals surface area contributed by atoms with Crippen LogP contribution in [0.15, 0.2) is 84.5 Å². The van der Waals surface area contributed by atoms with E-state index in [9.17, 15) is 24.8 Å². The Balaban J connectivity index is 1.17. The quantitative estimate of drug-likeness (QED) is 0.0489. The van der Waals surface area contributed by atoms with Crippen LogP contribution in [0.2, 0.25) is 0 Å². The number of benzene rings is 3. The first kappa shape index (κ1) is 46.5. The molecule has 1 amide bonds. The van der Waals surface area contributed by atoms with Crippen molar-refractivity contribution in [3.63, 3.8) is 0 Å². The third-order valence-electron chi connectivity index (χ3n) is 16.7. The molecule has 1 aliphatic carbocycles. The molecule has 9 atom stereocenters. The lowest BCUT2D eigenvalue weighted by molar-refractivity contribution is -0.385. The SMILES string of the molecule is CCC1=C[C@@H]2CN(CCc3c([nH]c4ccccc34)[C@@](C(=O)OC)(c3cc4c(cc3OC)N(C)[C@H]3[C@](O)(CNC(=O)OCc5ccccc5[N+](=O)[O-])[C@H](OC(C)=O)[C@]5(CC)C=CCN6CC[C@]43[C@@H]65)C2)C1. The van der Waals surface area contributed by atoms with Crippen LogP contribution in [0.25, 0.3) is 10.9 Å². The fourth-order valence-corrected chi connectivity index (χ4v) is 14.2. The van der Waals surface area contributed by atoms with Gasteiger partial charge in [0.05, 0.1) is 37.3 Å². The second-order valence-corrected chi connectivity index (χ2v) is 20.0. The molecule has 16 nitrogen and oxygen atoms in total. The first-order valence-electron chi connectivity index (χ1n) is 24.2. The van der Waals surface area contributed by atoms with Crippen LogP contribution in [0.4, 0.5) is 16.2 Å². The molecule has 16 heteroatoms. The molecule has 1 unspecified atom stereocenters. The molecule has 2 bridgehead atoms. The number of nitro groups is 1. The maximum absolute atomic E-state index is 15.5. The van der Waals surface area contributed by atoms with Gasteiger partial charge in [0.15, 0.2) is 0 Å². The molecular weight excluding hydrogens is 881 g/mol. The molecule has 0 radical (unpaired) electrons. The molecular formula is C53H62N6O10. The summed E-state index contributed by atoms with van der Waals surface area (Å²) in [5.41, 5.74) is 1.29. The number of nitro benzene ring substituents is 1. The summed E-state index contributed by atoms with van der Waals surface area (Å²) in [4.78, 5) is 64.6. The third kappa shape index (κ3) is 6.90. The number of ether oxygens (including phenoxy) is 4. The van der Waals surface area contributed by atoms with Gasteiger partial charge in [0.2, 0.25) is 0 Å². The van der Waals surface area contributed by atoms with Crippen molar-refractivity contribution in [3.8, 4) is 5.75 Å². The van der Waals surface area contributed by atoms with E-state index in [-0.39, 0.29) is 29.8 Å². The molecule has 4 aromatic rings. The summed E-state index contributed by atoms with van der Waals surface area (Å²) in [5, 5.41) is 29.6. The Morgan fingerprint density at radius 1 is 1.03 bits per heavy atom. The predicted octanol–water partition coefficient (Wildman–Crippen LogP) is 6.46. The number of nitrogens with zero attached hydrogens (tertiary/aromatic N) is 4. The van der Waals surface area contributed by atoms with E-state index >= 15 is 4.79 Å². The number of hydrogen-bond donors (Lipinski definition) is 3. The van der Waals surface area contributed by atoms with E-state index < -0.39 is 63.5 Å². The highest BCUT2D eigenvalue weighted by Gasteiger charge is 2.78. The number of rotatable bonds is 11. The minimum Gasteiger partial charge on any atom is -0.496 e. The van der Waals surface area contributed by atoms with Gasteiger partial charge < -0.3 is 39.3 Å². The average molecular weight is 943 g/mol. The number of aromatic nitrogens is 1. The van der Waals surface area contributed by atoms with Gasteiger partial charge in [-0.25, -0.2) is 4.79 Å². The van der Waals surface area contributed by atoms with Gasteiger partial charge in [-0.3, -0.25) is 29.5 Å². The van der Waals surface area contributed by atoms with Crippen molar-refractivity contribution in [2.24, 2.45) is 11.3 Å². The van der Waals surface area contributed by atoms with Gasteiger partial charge in [0.25, 0.3) is 5.69 Å². The summed E-state index contributed by atoms with van der Waals surface area (Å²) in [6.45, 7) is 8.53. The molecule has 3 N–H and O–H groups in total. The van der Waals surface area contributed by atoms with Crippen LogP contribution in [0.3, 0.4) is 0 Å². The summed E-state index contributed by atoms with van der Waals surface area (Å²) in [7, 11) is 4.99. The number of alkyl carbamates (subject to hydrolysis) is 1. The zero-order chi connectivity index (χ0) is 48.6. The van der Waals surface area contributed by atoms with Gasteiger partial charge in [-0.15, -0.1) is 0 Å². The van der Waals surface area contributed by atoms with Gasteiger partial charge in [-0.2, -0.15) is 0 Å². The van der Waals surface area contributed by atoms with Crippen LogP contribution in [0.5, 0.6) is 5.75 Å². The van der Waals surface area contributed by atoms with E-state index in [4.69, 9.17) is 18.9 Å². The second-order valence-electron chi connectivity index (χ2n) is 20.0. The molecule has 69 heavy (non-hydrogen) atoms. The fraction of sp³-hybridized carbons (Fsp3) is 0.491. The van der Waals surface area contributed by atoms with E-state index in [1.165, 1.54) is 37.8 Å². The number of methoxy groups -OCH3 is 2. The molecule has 1 saturated heterocycles. The summed E-state index contributed by atoms with van der Waals surface area (Å²) in [6.07, 6.45) is 7.54. The van der Waals surface area contributed by atoms with Crippen LogP contribution in [0, 0.1) is 21.4 Å². The number of H-pyrrole nitrogens is 1. The Hall–Kier alpha value is -6.23. The van der Waals surface area contributed by atoms with Crippen LogP contribution >= 0.6 is 0 Å². The second kappa shape index (κ2) is 17.3. The van der Waals surface area contributed by atoms with Gasteiger partial charge in [-0.1, -0.05) is 68.0 Å². The first-order valence-corrected chi connectivity index (χ1v) is 24.2. The van der Waals surface area contributed by atoms with Gasteiger partial charge in [-0.05, 0) is 73.9 Å². The smallest absolute Gasteiger partial charge is 0.407 e. The van der Waals surface area contributed by atoms with Gasteiger partial charge >= 0.3 is 18.0 Å². The number of carbonyl (C=O) groups is 3. The standard InChI is InChI=1S/C53H62N6O10/c1-7-33-24-34-27-52(48(61)67-6,44-37(18-22-57(28-33)29-34)36-15-10-11-16-40(36)55-44)39-25-38-42(26-43(39)66-5)56(4)46-51(38)20-23-58-21-13-19-50(8-2,45(51)58)47(69-32(3)60)53(46,63)31-54-49(62)68-30-35-14-9-12-17-41(35)59(64)65/h9-17,19,24-26,34,45-47,55,63H,7-8,18,20-23,27-31H2,1-6H3,(H,54,62)/t34-,45-,46+,47+,50+,51+,52-,53+/m0/s1. The number of aliphatic hydroxyl groups is 1. The van der Waals surface area contributed by atoms with E-state index in [2.05, 4.69) is 63.5 Å². The summed E-state index contributed by atoms with van der Waals surface area (Å²) in [5.74, 6) is -0.527. The van der Waals surface area contributed by atoms with Crippen molar-refractivity contribution in [1.29, 1.82) is 0 Å². The van der Waals surface area contributed by atoms with Crippen LogP contribution < -0.4 is 15.0 Å². The number of likely N-dealkylation sites (N-methyl/N-ethyl adjacent to an activating group) is 1. The number of nitrogens with one attached hydrogen (secondary N) is 2. The molecule has 1 aromatic heterocycles. The number of carbonyl (C=O) groups excluding carboxylic acids is 3. The lowest BCUT2D eigenvalue weighted by atomic mass is 9.47. The Kier molecular flexibility index (Phi) is 11.7. The maximum Gasteiger partial charge on any atom is 0.407 e. The number of aromatic amines is 1. The number of esters is 2. The highest BCUT2D eigenvalue weighted by Crippen LogP contribution is 2.68. The number of fused-ring (bicyclic) bond motifs is 6. The summed E-state index contributed by atoms with van der Waals surface area (Å²) < 4.78 is 24.4. The minimum atomic E-state index is -1.97. The molecule has 6 heterocycles. The van der Waals surface area contributed by atoms with Crippen molar-refractivity contribution in [2.45, 2.75) is 94.1 Å². The predicted molar refractivity (Wildman–Crippen MR) is 258 cm³/mol. The fourth-order valence-electron chi connectivity index (χ4n) is 14.2. The molecule has 364 valence electrons. The molecule has 10 rings (SSSR count). The van der Waals surface area contributed by atoms with Crippen LogP contribution in [-0.2, 0) is 47.7 Å². The lowest BCUT2D eigenvalue weighted by Gasteiger charge is -2.64. The molecule has 6 aliphatic rings. The molecule has 3 aromatic carbocycles. The van der Waals surface area contributed by atoms with Crippen molar-refractivity contribution in [2.75, 3.05) is 65.4 Å². The Morgan fingerprint density at radius 2 is 1.81 bits per heavy atom. The number of hydrogen-bond acceptors (Lipinski definition) is 13. The average Bonchev–Trinajstić information content (AvgIpc) is 4.02. The monoisotopic (exact) mass is 942 g/mol. The van der Waals surface area contributed by atoms with Crippen LogP contribution in [0.1, 0.15) is 74.4 Å². The Morgan fingerprint density at radius 3 is 2.55 bits per heavy atom. The zero-order valence-electron chi connectivity index (χ0n) is 40.2. The van der Waals surface area contributed by atoms with E-state index in [1.807, 2.05) is 37.1 Å². The Labute approximate surface area is 401 Å². The topological polar surface area (TPSA) is 189 Å². The number of para-hydroxylation sites is 2. The molecule has 1 spiro atoms. The van der Waals surface area contributed by atoms with Gasteiger partial charge in [0.1, 0.15) is 29.5 Å². The Bertz CT molecular complexity index is 2810. The number of amides is 1. The molecule has 5 aliphatic heterocycles. The summed E-state index contributed by atoms with van der Waals surface area (Å²) in [6, 6.07) is 17.3. The molecule has 2 fully saturated rings. The number of anilines is 1. The van der Waals surface area contributed by atoms with E-state index in [0.29, 0.717) is 50.1 Å². The molecule has 1 saturated carbocycles. The van der Waals surface area contributed by atoms with E-state index in [0.717, 1.165) is 59.5 Å². The summed E-state index contributed by atoms with van der Waals surface area (Å²) >= 11 is 0. The largest absolute Gasteiger partial charge is 0.496 e. The highest BCUT2D eigenvalue weighted by atomic mass is 16.6. The van der Waals surface area contributed by atoms with Crippen molar-refractivity contribution in [1.82, 2.24) is 20.1 Å². The van der Waals surface area contributed by atoms with Crippen molar-refractivity contribution in [3.05, 3.63) is 123 Å².